The number of nitrogens with one attached hydrogen (secondary N) is 1. The van der Waals surface area contributed by atoms with Gasteiger partial charge in [-0.2, -0.15) is 0 Å². The van der Waals surface area contributed by atoms with Gasteiger partial charge in [-0.25, -0.2) is 9.79 Å². The van der Waals surface area contributed by atoms with Gasteiger partial charge in [0, 0.05) is 28.2 Å². The molecule has 0 unspecified atom stereocenters. The number of thiazole rings is 1. The molecule has 200 valence electrons. The molecule has 0 saturated heterocycles. The number of benzene rings is 3. The van der Waals surface area contributed by atoms with Crippen molar-refractivity contribution in [1.29, 1.82) is 0 Å². The second kappa shape index (κ2) is 10.6. The number of rotatable bonds is 6. The summed E-state index contributed by atoms with van der Waals surface area (Å²) in [7, 11) is 0. The molecule has 0 spiro atoms. The number of para-hydroxylation sites is 1. The maximum Gasteiger partial charge on any atom is 0.338 e. The lowest BCUT2D eigenvalue weighted by molar-refractivity contribution is -0.138. The topological polar surface area (TPSA) is 76.4 Å². The Morgan fingerprint density at radius 3 is 2.50 bits per heavy atom. The van der Waals surface area contributed by atoms with Crippen molar-refractivity contribution in [2.24, 2.45) is 4.99 Å². The van der Waals surface area contributed by atoms with E-state index in [4.69, 9.17) is 9.73 Å². The molecule has 0 fully saturated rings. The molecule has 3 aromatic carbocycles. The van der Waals surface area contributed by atoms with Crippen LogP contribution in [-0.2, 0) is 9.53 Å². The summed E-state index contributed by atoms with van der Waals surface area (Å²) in [4.78, 5) is 36.5. The Labute approximate surface area is 235 Å². The highest BCUT2D eigenvalue weighted by Crippen LogP contribution is 2.35. The molecule has 40 heavy (non-hydrogen) atoms. The molecular formula is C33H29N3O3S. The molecule has 3 heterocycles. The van der Waals surface area contributed by atoms with Crippen molar-refractivity contribution in [2.45, 2.75) is 32.7 Å². The van der Waals surface area contributed by atoms with Crippen molar-refractivity contribution in [3.05, 3.63) is 133 Å². The number of nitrogens with zero attached hydrogens (tertiary/aromatic N) is 2. The number of hydrogen-bond donors (Lipinski definition) is 1. The number of fused-ring (bicyclic) bond motifs is 2. The Morgan fingerprint density at radius 2 is 1.77 bits per heavy atom. The van der Waals surface area contributed by atoms with E-state index in [-0.39, 0.29) is 12.2 Å². The zero-order chi connectivity index (χ0) is 27.8. The third kappa shape index (κ3) is 4.52. The average Bonchev–Trinajstić information content (AvgIpc) is 3.53. The van der Waals surface area contributed by atoms with Gasteiger partial charge < -0.3 is 9.72 Å². The minimum atomic E-state index is -0.683. The number of H-pyrrole nitrogens is 1. The molecule has 7 heteroatoms. The van der Waals surface area contributed by atoms with Crippen molar-refractivity contribution in [3.8, 4) is 0 Å². The third-order valence-corrected chi connectivity index (χ3v) is 8.18. The summed E-state index contributed by atoms with van der Waals surface area (Å²) in [6, 6.07) is 25.1. The molecule has 6 nitrogen and oxygen atoms in total. The Balaban J connectivity index is 1.64. The molecule has 0 bridgehead atoms. The first-order chi connectivity index (χ1) is 19.5. The summed E-state index contributed by atoms with van der Waals surface area (Å²) in [6.45, 7) is 6.28. The average molecular weight is 548 g/mol. The van der Waals surface area contributed by atoms with E-state index in [9.17, 15) is 9.59 Å². The predicted molar refractivity (Wildman–Crippen MR) is 160 cm³/mol. The second-order valence-corrected chi connectivity index (χ2v) is 11.1. The molecule has 0 radical (unpaired) electrons. The molecule has 6 rings (SSSR count). The predicted octanol–water partition coefficient (Wildman–Crippen LogP) is 5.54. The highest BCUT2D eigenvalue weighted by Gasteiger charge is 2.35. The lowest BCUT2D eigenvalue weighted by atomic mass is 9.91. The number of aromatic nitrogens is 2. The van der Waals surface area contributed by atoms with Crippen LogP contribution in [0.4, 0.5) is 0 Å². The maximum absolute atomic E-state index is 14.1. The van der Waals surface area contributed by atoms with Crippen LogP contribution < -0.4 is 14.9 Å². The zero-order valence-corrected chi connectivity index (χ0v) is 23.4. The van der Waals surface area contributed by atoms with Crippen molar-refractivity contribution in [2.75, 3.05) is 6.61 Å². The number of hydrogen-bond acceptors (Lipinski definition) is 5. The third-order valence-electron chi connectivity index (χ3n) is 7.20. The Morgan fingerprint density at radius 1 is 1.05 bits per heavy atom. The van der Waals surface area contributed by atoms with Crippen LogP contribution in [0.5, 0.6) is 0 Å². The van der Waals surface area contributed by atoms with Gasteiger partial charge in [0.2, 0.25) is 0 Å². The van der Waals surface area contributed by atoms with Crippen LogP contribution in [0.2, 0.25) is 0 Å². The van der Waals surface area contributed by atoms with Crippen LogP contribution in [0.3, 0.4) is 0 Å². The summed E-state index contributed by atoms with van der Waals surface area (Å²) in [5.41, 5.74) is 5.42. The van der Waals surface area contributed by atoms with Crippen molar-refractivity contribution >= 4 is 40.0 Å². The van der Waals surface area contributed by atoms with E-state index in [1.807, 2.05) is 79.0 Å². The summed E-state index contributed by atoms with van der Waals surface area (Å²) >= 11 is 1.33. The van der Waals surface area contributed by atoms with E-state index in [2.05, 4.69) is 31.0 Å². The van der Waals surface area contributed by atoms with E-state index in [1.54, 1.807) is 11.5 Å². The number of esters is 1. The van der Waals surface area contributed by atoms with Crippen molar-refractivity contribution in [3.63, 3.8) is 0 Å². The summed E-state index contributed by atoms with van der Waals surface area (Å²) in [6.07, 6.45) is 3.81. The molecule has 1 N–H and O–H groups in total. The number of carbonyl (C=O) groups excluding carboxylic acids is 1. The highest BCUT2D eigenvalue weighted by molar-refractivity contribution is 7.07. The molecule has 0 saturated carbocycles. The first kappa shape index (κ1) is 25.8. The van der Waals surface area contributed by atoms with Gasteiger partial charge in [0.15, 0.2) is 4.80 Å². The monoisotopic (exact) mass is 547 g/mol. The fourth-order valence-corrected chi connectivity index (χ4v) is 6.17. The van der Waals surface area contributed by atoms with Crippen LogP contribution in [0.25, 0.3) is 22.7 Å². The fraction of sp³-hybridized carbons (Fsp3) is 0.182. The van der Waals surface area contributed by atoms with E-state index in [0.717, 1.165) is 27.6 Å². The molecule has 0 aliphatic carbocycles. The summed E-state index contributed by atoms with van der Waals surface area (Å²) in [5, 5.41) is 1.03. The quantitative estimate of drug-likeness (QED) is 0.284. The fourth-order valence-electron chi connectivity index (χ4n) is 5.17. The van der Waals surface area contributed by atoms with Gasteiger partial charge in [0.1, 0.15) is 0 Å². The number of aromatic amines is 1. The smallest absolute Gasteiger partial charge is 0.338 e. The molecule has 1 atom stereocenters. The maximum atomic E-state index is 14.1. The van der Waals surface area contributed by atoms with E-state index < -0.39 is 12.0 Å². The number of ether oxygens (including phenoxy) is 1. The van der Waals surface area contributed by atoms with Gasteiger partial charge in [-0.15, -0.1) is 0 Å². The molecule has 0 amide bonds. The van der Waals surface area contributed by atoms with Crippen LogP contribution in [0, 0.1) is 0 Å². The van der Waals surface area contributed by atoms with Gasteiger partial charge in [-0.1, -0.05) is 98.0 Å². The van der Waals surface area contributed by atoms with E-state index >= 15 is 0 Å². The molecule has 5 aromatic rings. The minimum Gasteiger partial charge on any atom is -0.463 e. The van der Waals surface area contributed by atoms with E-state index in [1.165, 1.54) is 16.9 Å². The molecular weight excluding hydrogens is 518 g/mol. The summed E-state index contributed by atoms with van der Waals surface area (Å²) in [5.74, 6) is -0.124. The second-order valence-electron chi connectivity index (χ2n) is 10.0. The first-order valence-electron chi connectivity index (χ1n) is 13.4. The SMILES string of the molecule is CCOC(=O)C1=C(c2ccccc2)N=c2s/c(=C\c3c[nH]c4ccccc34)c(=O)n2[C@H]1c1ccc(C(C)C)cc1. The lowest BCUT2D eigenvalue weighted by Gasteiger charge is -2.26. The van der Waals surface area contributed by atoms with Gasteiger partial charge in [0.05, 0.1) is 28.5 Å². The van der Waals surface area contributed by atoms with Crippen LogP contribution in [-0.4, -0.2) is 22.1 Å². The van der Waals surface area contributed by atoms with E-state index in [0.29, 0.717) is 26.5 Å². The van der Waals surface area contributed by atoms with Crippen LogP contribution >= 0.6 is 11.3 Å². The van der Waals surface area contributed by atoms with Gasteiger partial charge in [-0.05, 0) is 36.1 Å². The minimum absolute atomic E-state index is 0.194. The summed E-state index contributed by atoms with van der Waals surface area (Å²) < 4.78 is 7.75. The Bertz CT molecular complexity index is 1930. The standard InChI is InChI=1S/C33H29N3O3S/c1-4-39-32(38)28-29(22-10-6-5-7-11-22)35-33-36(30(28)23-16-14-21(15-17-23)20(2)3)31(37)27(40-33)18-24-19-34-26-13-9-8-12-25(24)26/h5-20,30,34H,4H2,1-3H3/b27-18-/t30-/m0/s1. The Kier molecular flexibility index (Phi) is 6.82. The Hall–Kier alpha value is -4.49. The van der Waals surface area contributed by atoms with Gasteiger partial charge in [-0.3, -0.25) is 9.36 Å². The van der Waals surface area contributed by atoms with Crippen LogP contribution in [0.15, 0.2) is 100 Å². The van der Waals surface area contributed by atoms with Crippen molar-refractivity contribution in [1.82, 2.24) is 9.55 Å². The van der Waals surface area contributed by atoms with Gasteiger partial charge >= 0.3 is 5.97 Å². The number of carbonyl (C=O) groups is 1. The lowest BCUT2D eigenvalue weighted by Crippen LogP contribution is -2.40. The largest absolute Gasteiger partial charge is 0.463 e. The molecule has 1 aliphatic rings. The van der Waals surface area contributed by atoms with Crippen molar-refractivity contribution < 1.29 is 9.53 Å². The van der Waals surface area contributed by atoms with Gasteiger partial charge in [0.25, 0.3) is 5.56 Å². The highest BCUT2D eigenvalue weighted by atomic mass is 32.1. The molecule has 1 aliphatic heterocycles. The zero-order valence-electron chi connectivity index (χ0n) is 22.5. The normalized spacial score (nSPS) is 15.4. The van der Waals surface area contributed by atoms with Crippen LogP contribution in [0.1, 0.15) is 55.0 Å². The first-order valence-corrected chi connectivity index (χ1v) is 14.2. The molecule has 2 aromatic heterocycles.